The third kappa shape index (κ3) is 3.94. The van der Waals surface area contributed by atoms with E-state index in [1.807, 2.05) is 0 Å². The highest BCUT2D eigenvalue weighted by Crippen LogP contribution is 2.29. The lowest BCUT2D eigenvalue weighted by Gasteiger charge is -2.24. The molecule has 0 saturated carbocycles. The van der Waals surface area contributed by atoms with Crippen LogP contribution in [0.4, 0.5) is 5.69 Å². The summed E-state index contributed by atoms with van der Waals surface area (Å²) in [5.74, 6) is -1.94. The van der Waals surface area contributed by atoms with Gasteiger partial charge in [-0.2, -0.15) is 0 Å². The van der Waals surface area contributed by atoms with E-state index in [1.54, 1.807) is 0 Å². The first-order valence-corrected chi connectivity index (χ1v) is 5.66. The first-order chi connectivity index (χ1) is 9.24. The summed E-state index contributed by atoms with van der Waals surface area (Å²) in [6, 6.07) is 5.63. The van der Waals surface area contributed by atoms with Crippen molar-refractivity contribution in [3.05, 3.63) is 34.4 Å². The third-order valence-corrected chi connectivity index (χ3v) is 2.37. The van der Waals surface area contributed by atoms with Crippen LogP contribution in [-0.2, 0) is 9.59 Å². The van der Waals surface area contributed by atoms with Crippen LogP contribution in [-0.4, -0.2) is 34.1 Å². The number of benzene rings is 1. The summed E-state index contributed by atoms with van der Waals surface area (Å²) in [4.78, 5) is 32.4. The van der Waals surface area contributed by atoms with Crippen molar-refractivity contribution in [2.75, 3.05) is 6.54 Å². The molecule has 2 N–H and O–H groups in total. The highest BCUT2D eigenvalue weighted by Gasteiger charge is 2.32. The number of rotatable bonds is 6. The fourth-order valence-corrected chi connectivity index (χ4v) is 1.38. The van der Waals surface area contributed by atoms with E-state index >= 15 is 0 Å². The van der Waals surface area contributed by atoms with E-state index in [2.05, 4.69) is 5.32 Å². The predicted octanol–water partition coefficient (Wildman–Crippen LogP) is 0.953. The fraction of sp³-hybridized carbons (Fsp3) is 0.333. The van der Waals surface area contributed by atoms with Crippen LogP contribution in [0.2, 0.25) is 0 Å². The van der Waals surface area contributed by atoms with Crippen molar-refractivity contribution in [2.45, 2.75) is 19.4 Å². The molecule has 0 aliphatic heterocycles. The van der Waals surface area contributed by atoms with Gasteiger partial charge in [0.2, 0.25) is 0 Å². The predicted molar refractivity (Wildman–Crippen MR) is 68.4 cm³/mol. The molecule has 0 aliphatic rings. The zero-order valence-electron chi connectivity index (χ0n) is 11.0. The normalized spacial score (nSPS) is 10.7. The van der Waals surface area contributed by atoms with Gasteiger partial charge in [0.15, 0.2) is 11.4 Å². The molecule has 0 bridgehead atoms. The number of nitrogens with one attached hydrogen (secondary N) is 1. The Morgan fingerprint density at radius 1 is 1.40 bits per heavy atom. The van der Waals surface area contributed by atoms with Crippen molar-refractivity contribution in [3.8, 4) is 5.75 Å². The summed E-state index contributed by atoms with van der Waals surface area (Å²) < 4.78 is 5.34. The average molecular weight is 282 g/mol. The summed E-state index contributed by atoms with van der Waals surface area (Å²) in [7, 11) is 0. The molecule has 1 aromatic carbocycles. The summed E-state index contributed by atoms with van der Waals surface area (Å²) in [6.45, 7) is 2.23. The molecule has 0 spiro atoms. The zero-order valence-corrected chi connectivity index (χ0v) is 11.0. The Morgan fingerprint density at radius 3 is 2.55 bits per heavy atom. The summed E-state index contributed by atoms with van der Waals surface area (Å²) >= 11 is 0. The van der Waals surface area contributed by atoms with Gasteiger partial charge in [0.25, 0.3) is 5.91 Å². The summed E-state index contributed by atoms with van der Waals surface area (Å²) in [5.41, 5.74) is -1.71. The Morgan fingerprint density at radius 2 is 2.00 bits per heavy atom. The van der Waals surface area contributed by atoms with E-state index in [0.29, 0.717) is 0 Å². The highest BCUT2D eigenvalue weighted by atomic mass is 16.6. The van der Waals surface area contributed by atoms with Crippen LogP contribution in [0.15, 0.2) is 24.3 Å². The first kappa shape index (κ1) is 15.4. The standard InChI is InChI=1S/C12H14N2O6/c1-12(2,11(17)13-7-10(15)16)20-9-6-4-3-5-8(9)14(18)19/h3-6H,7H2,1-2H3,(H,13,17)(H,15,16). The van der Waals surface area contributed by atoms with Gasteiger partial charge in [0.1, 0.15) is 6.54 Å². The van der Waals surface area contributed by atoms with Crippen LogP contribution in [0.3, 0.4) is 0 Å². The number of nitrogens with zero attached hydrogens (tertiary/aromatic N) is 1. The number of hydrogen-bond acceptors (Lipinski definition) is 5. The topological polar surface area (TPSA) is 119 Å². The molecule has 0 fully saturated rings. The zero-order chi connectivity index (χ0) is 15.3. The number of amides is 1. The Kier molecular flexibility index (Phi) is 4.63. The lowest BCUT2D eigenvalue weighted by Crippen LogP contribution is -2.48. The highest BCUT2D eigenvalue weighted by molar-refractivity contribution is 5.87. The molecule has 0 heterocycles. The molecule has 0 aromatic heterocycles. The number of ether oxygens (including phenoxy) is 1. The molecular weight excluding hydrogens is 268 g/mol. The second-order valence-corrected chi connectivity index (χ2v) is 4.41. The fourth-order valence-electron chi connectivity index (χ4n) is 1.38. The van der Waals surface area contributed by atoms with E-state index in [-0.39, 0.29) is 11.4 Å². The molecule has 108 valence electrons. The minimum Gasteiger partial charge on any atom is -0.480 e. The Balaban J connectivity index is 2.88. The van der Waals surface area contributed by atoms with Gasteiger partial charge in [-0.3, -0.25) is 19.7 Å². The molecule has 8 heteroatoms. The second-order valence-electron chi connectivity index (χ2n) is 4.41. The van der Waals surface area contributed by atoms with Crippen molar-refractivity contribution in [1.29, 1.82) is 0 Å². The molecule has 0 atom stereocenters. The number of carboxylic acids is 1. The lowest BCUT2D eigenvalue weighted by molar-refractivity contribution is -0.386. The van der Waals surface area contributed by atoms with Crippen LogP contribution >= 0.6 is 0 Å². The number of carbonyl (C=O) groups excluding carboxylic acids is 1. The summed E-state index contributed by atoms with van der Waals surface area (Å²) in [6.07, 6.45) is 0. The van der Waals surface area contributed by atoms with Gasteiger partial charge in [-0.25, -0.2) is 0 Å². The van der Waals surface area contributed by atoms with E-state index in [9.17, 15) is 19.7 Å². The maximum absolute atomic E-state index is 11.8. The summed E-state index contributed by atoms with van der Waals surface area (Å²) in [5, 5.41) is 21.5. The minimum absolute atomic E-state index is 0.0621. The number of para-hydroxylation sites is 2. The number of carboxylic acid groups (broad SMARTS) is 1. The molecular formula is C12H14N2O6. The minimum atomic E-state index is -1.44. The first-order valence-electron chi connectivity index (χ1n) is 5.66. The average Bonchev–Trinajstić information content (AvgIpc) is 2.35. The van der Waals surface area contributed by atoms with Crippen LogP contribution in [0.1, 0.15) is 13.8 Å². The number of nitro groups is 1. The molecule has 1 rings (SSSR count). The SMILES string of the molecule is CC(C)(Oc1ccccc1[N+](=O)[O-])C(=O)NCC(=O)O. The van der Waals surface area contributed by atoms with Crippen LogP contribution < -0.4 is 10.1 Å². The maximum atomic E-state index is 11.8. The molecule has 0 unspecified atom stereocenters. The Labute approximate surface area is 114 Å². The molecule has 0 saturated heterocycles. The molecule has 8 nitrogen and oxygen atoms in total. The van der Waals surface area contributed by atoms with Gasteiger partial charge in [0.05, 0.1) is 4.92 Å². The van der Waals surface area contributed by atoms with E-state index in [0.717, 1.165) is 0 Å². The third-order valence-electron chi connectivity index (χ3n) is 2.37. The second kappa shape index (κ2) is 6.00. The molecule has 1 amide bonds. The van der Waals surface area contributed by atoms with E-state index in [4.69, 9.17) is 9.84 Å². The molecule has 20 heavy (non-hydrogen) atoms. The Bertz CT molecular complexity index is 541. The van der Waals surface area contributed by atoms with Crippen molar-refractivity contribution in [2.24, 2.45) is 0 Å². The largest absolute Gasteiger partial charge is 0.480 e. The molecule has 1 aromatic rings. The number of carbonyl (C=O) groups is 2. The van der Waals surface area contributed by atoms with Gasteiger partial charge >= 0.3 is 11.7 Å². The van der Waals surface area contributed by atoms with Crippen LogP contribution in [0.25, 0.3) is 0 Å². The number of nitro benzene ring substituents is 1. The van der Waals surface area contributed by atoms with Gasteiger partial charge in [-0.05, 0) is 19.9 Å². The van der Waals surface area contributed by atoms with Crippen LogP contribution in [0, 0.1) is 10.1 Å². The van der Waals surface area contributed by atoms with Gasteiger partial charge in [-0.15, -0.1) is 0 Å². The van der Waals surface area contributed by atoms with Crippen LogP contribution in [0.5, 0.6) is 5.75 Å². The molecule has 0 radical (unpaired) electrons. The number of hydrogen-bond donors (Lipinski definition) is 2. The van der Waals surface area contributed by atoms with Gasteiger partial charge in [-0.1, -0.05) is 12.1 Å². The van der Waals surface area contributed by atoms with Crippen molar-refractivity contribution in [3.63, 3.8) is 0 Å². The lowest BCUT2D eigenvalue weighted by atomic mass is 10.1. The monoisotopic (exact) mass is 282 g/mol. The smallest absolute Gasteiger partial charge is 0.322 e. The van der Waals surface area contributed by atoms with Crippen molar-refractivity contribution < 1.29 is 24.4 Å². The van der Waals surface area contributed by atoms with Gasteiger partial charge in [0, 0.05) is 6.07 Å². The van der Waals surface area contributed by atoms with Gasteiger partial charge < -0.3 is 15.2 Å². The van der Waals surface area contributed by atoms with Crippen molar-refractivity contribution >= 4 is 17.6 Å². The number of aliphatic carboxylic acids is 1. The van der Waals surface area contributed by atoms with E-state index in [1.165, 1.54) is 38.1 Å². The van der Waals surface area contributed by atoms with Crippen molar-refractivity contribution in [1.82, 2.24) is 5.32 Å². The molecule has 0 aliphatic carbocycles. The Hall–Kier alpha value is -2.64. The quantitative estimate of drug-likeness (QED) is 0.592. The van der Waals surface area contributed by atoms with E-state index < -0.39 is 28.9 Å². The maximum Gasteiger partial charge on any atom is 0.322 e.